The number of carbonyl (C=O) groups is 1. The second-order valence-electron chi connectivity index (χ2n) is 4.70. The molecule has 6 heteroatoms. The predicted octanol–water partition coefficient (Wildman–Crippen LogP) is 5.36. The number of nitrogens with zero attached hydrogens (tertiary/aromatic N) is 1. The Balaban J connectivity index is 2.15. The van der Waals surface area contributed by atoms with Gasteiger partial charge in [0.2, 0.25) is 0 Å². The Morgan fingerprint density at radius 3 is 2.71 bits per heavy atom. The van der Waals surface area contributed by atoms with Crippen LogP contribution in [0.1, 0.15) is 27.9 Å². The molecule has 3 rings (SSSR count). The minimum atomic E-state index is -0.910. The van der Waals surface area contributed by atoms with Crippen LogP contribution in [0.4, 0.5) is 0 Å². The van der Waals surface area contributed by atoms with Crippen LogP contribution in [0.15, 0.2) is 22.7 Å². The summed E-state index contributed by atoms with van der Waals surface area (Å²) in [4.78, 5) is 16.9. The Bertz CT molecular complexity index is 851. The zero-order chi connectivity index (χ0) is 15.1. The monoisotopic (exact) mass is 381 g/mol. The fourth-order valence-electron chi connectivity index (χ4n) is 2.18. The second kappa shape index (κ2) is 5.51. The highest BCUT2D eigenvalue weighted by Gasteiger charge is 2.17. The molecule has 0 amide bonds. The van der Waals surface area contributed by atoms with Crippen LogP contribution in [0, 0.1) is 6.92 Å². The van der Waals surface area contributed by atoms with Gasteiger partial charge in [0.25, 0.3) is 0 Å². The summed E-state index contributed by atoms with van der Waals surface area (Å²) >= 11 is 6.49. The van der Waals surface area contributed by atoms with Crippen molar-refractivity contribution < 1.29 is 9.90 Å². The van der Waals surface area contributed by atoms with Crippen molar-refractivity contribution in [3.63, 3.8) is 0 Å². The molecule has 21 heavy (non-hydrogen) atoms. The van der Waals surface area contributed by atoms with Gasteiger partial charge in [-0.3, -0.25) is 0 Å². The van der Waals surface area contributed by atoms with Gasteiger partial charge in [-0.1, -0.05) is 13.0 Å². The molecule has 0 radical (unpaired) electrons. The van der Waals surface area contributed by atoms with Gasteiger partial charge in [0, 0.05) is 9.17 Å². The maximum atomic E-state index is 11.1. The number of rotatable bonds is 3. The predicted molar refractivity (Wildman–Crippen MR) is 91.7 cm³/mol. The van der Waals surface area contributed by atoms with Crippen molar-refractivity contribution in [2.45, 2.75) is 20.3 Å². The summed E-state index contributed by atoms with van der Waals surface area (Å²) in [6, 6.07) is 6.41. The van der Waals surface area contributed by atoms with Gasteiger partial charge in [-0.25, -0.2) is 9.78 Å². The third-order valence-corrected chi connectivity index (χ3v) is 6.63. The zero-order valence-corrected chi connectivity index (χ0v) is 14.7. The maximum Gasteiger partial charge on any atom is 0.347 e. The van der Waals surface area contributed by atoms with Crippen LogP contribution in [0.5, 0.6) is 0 Å². The first-order valence-electron chi connectivity index (χ1n) is 6.42. The molecule has 0 unspecified atom stereocenters. The van der Waals surface area contributed by atoms with Crippen LogP contribution < -0.4 is 0 Å². The van der Waals surface area contributed by atoms with E-state index in [1.807, 2.05) is 0 Å². The Labute approximate surface area is 138 Å². The van der Waals surface area contributed by atoms with Crippen molar-refractivity contribution in [3.8, 4) is 9.88 Å². The molecule has 1 N–H and O–H groups in total. The zero-order valence-electron chi connectivity index (χ0n) is 11.4. The maximum absolute atomic E-state index is 11.1. The lowest BCUT2D eigenvalue weighted by atomic mass is 10.1. The van der Waals surface area contributed by atoms with Crippen LogP contribution in [-0.2, 0) is 6.42 Å². The highest BCUT2D eigenvalue weighted by atomic mass is 79.9. The van der Waals surface area contributed by atoms with Crippen molar-refractivity contribution in [2.24, 2.45) is 0 Å². The number of thiophene rings is 1. The first kappa shape index (κ1) is 14.7. The topological polar surface area (TPSA) is 50.2 Å². The highest BCUT2D eigenvalue weighted by molar-refractivity contribution is 9.10. The second-order valence-corrected chi connectivity index (χ2v) is 7.60. The fourth-order valence-corrected chi connectivity index (χ4v) is 4.94. The Morgan fingerprint density at radius 1 is 1.33 bits per heavy atom. The third-order valence-electron chi connectivity index (χ3n) is 3.24. The molecule has 0 saturated heterocycles. The number of thiazole rings is 1. The first-order valence-corrected chi connectivity index (χ1v) is 8.85. The lowest BCUT2D eigenvalue weighted by Gasteiger charge is -1.98. The van der Waals surface area contributed by atoms with E-state index in [1.165, 1.54) is 27.0 Å². The van der Waals surface area contributed by atoms with Crippen LogP contribution in [-0.4, -0.2) is 16.1 Å². The summed E-state index contributed by atoms with van der Waals surface area (Å²) in [5.41, 5.74) is 1.86. The number of carboxylic acids is 1. The highest BCUT2D eigenvalue weighted by Crippen LogP contribution is 2.40. The largest absolute Gasteiger partial charge is 0.477 e. The third kappa shape index (κ3) is 2.63. The minimum absolute atomic E-state index is 0.316. The van der Waals surface area contributed by atoms with E-state index in [0.717, 1.165) is 20.8 Å². The molecule has 0 fully saturated rings. The SMILES string of the molecule is CCc1cc(Br)c2sc(-c3nc(C)c(C(=O)O)s3)cc2c1. The molecule has 3 nitrogen and oxygen atoms in total. The molecule has 2 aromatic heterocycles. The number of carboxylic acid groups (broad SMARTS) is 1. The molecule has 0 atom stereocenters. The number of hydrogen-bond acceptors (Lipinski definition) is 4. The number of benzene rings is 1. The number of aryl methyl sites for hydroxylation is 2. The van der Waals surface area contributed by atoms with Gasteiger partial charge < -0.3 is 5.11 Å². The average Bonchev–Trinajstić information content (AvgIpc) is 3.02. The normalized spacial score (nSPS) is 11.2. The summed E-state index contributed by atoms with van der Waals surface area (Å²) < 4.78 is 2.26. The molecule has 0 bridgehead atoms. The quantitative estimate of drug-likeness (QED) is 0.664. The standard InChI is InChI=1S/C15H12BrNO2S2/c1-3-8-4-9-6-11(20-13(9)10(16)5-8)14-17-7(2)12(21-14)15(18)19/h4-6H,3H2,1-2H3,(H,18,19). The van der Waals surface area contributed by atoms with E-state index in [-0.39, 0.29) is 0 Å². The van der Waals surface area contributed by atoms with E-state index in [9.17, 15) is 4.79 Å². The lowest BCUT2D eigenvalue weighted by Crippen LogP contribution is -1.94. The van der Waals surface area contributed by atoms with Crippen LogP contribution >= 0.6 is 38.6 Å². The van der Waals surface area contributed by atoms with Crippen molar-refractivity contribution >= 4 is 54.7 Å². The average molecular weight is 382 g/mol. The van der Waals surface area contributed by atoms with Crippen molar-refractivity contribution in [2.75, 3.05) is 0 Å². The minimum Gasteiger partial charge on any atom is -0.477 e. The summed E-state index contributed by atoms with van der Waals surface area (Å²) in [5, 5.41) is 11.1. The molecule has 0 aliphatic rings. The molecule has 0 aliphatic carbocycles. The Hall–Kier alpha value is -1.24. The molecule has 3 aromatic rings. The number of hydrogen-bond donors (Lipinski definition) is 1. The molecule has 0 saturated carbocycles. The van der Waals surface area contributed by atoms with Gasteiger partial charge in [-0.15, -0.1) is 22.7 Å². The van der Waals surface area contributed by atoms with Crippen molar-refractivity contribution in [1.29, 1.82) is 0 Å². The van der Waals surface area contributed by atoms with Gasteiger partial charge >= 0.3 is 5.97 Å². The molecule has 2 heterocycles. The summed E-state index contributed by atoms with van der Waals surface area (Å²) in [6.07, 6.45) is 0.985. The summed E-state index contributed by atoms with van der Waals surface area (Å²) in [5.74, 6) is -0.910. The lowest BCUT2D eigenvalue weighted by molar-refractivity contribution is 0.0701. The van der Waals surface area contributed by atoms with E-state index >= 15 is 0 Å². The number of fused-ring (bicyclic) bond motifs is 1. The van der Waals surface area contributed by atoms with Crippen LogP contribution in [0.2, 0.25) is 0 Å². The smallest absolute Gasteiger partial charge is 0.347 e. The Kier molecular flexibility index (Phi) is 3.86. The molecular formula is C15H12BrNO2S2. The molecular weight excluding hydrogens is 370 g/mol. The van der Waals surface area contributed by atoms with E-state index in [1.54, 1.807) is 18.3 Å². The summed E-state index contributed by atoms with van der Waals surface area (Å²) in [6.45, 7) is 3.87. The van der Waals surface area contributed by atoms with Gasteiger partial charge in [0.15, 0.2) is 0 Å². The first-order chi connectivity index (χ1) is 9.99. The van der Waals surface area contributed by atoms with Crippen LogP contribution in [0.3, 0.4) is 0 Å². The van der Waals surface area contributed by atoms with Gasteiger partial charge in [-0.2, -0.15) is 0 Å². The van der Waals surface area contributed by atoms with E-state index in [4.69, 9.17) is 5.11 Å². The van der Waals surface area contributed by atoms with Crippen molar-refractivity contribution in [1.82, 2.24) is 4.98 Å². The molecule has 108 valence electrons. The number of halogens is 1. The van der Waals surface area contributed by atoms with Gasteiger partial charge in [0.1, 0.15) is 9.88 Å². The molecule has 1 aromatic carbocycles. The summed E-state index contributed by atoms with van der Waals surface area (Å²) in [7, 11) is 0. The van der Waals surface area contributed by atoms with Gasteiger partial charge in [0.05, 0.1) is 10.6 Å². The Morgan fingerprint density at radius 2 is 2.10 bits per heavy atom. The van der Waals surface area contributed by atoms with Crippen molar-refractivity contribution in [3.05, 3.63) is 38.8 Å². The van der Waals surface area contributed by atoms with Crippen LogP contribution in [0.25, 0.3) is 20.0 Å². The van der Waals surface area contributed by atoms with Gasteiger partial charge in [-0.05, 0) is 52.4 Å². The van der Waals surface area contributed by atoms with E-state index < -0.39 is 5.97 Å². The van der Waals surface area contributed by atoms with E-state index in [0.29, 0.717) is 10.6 Å². The fraction of sp³-hybridized carbons (Fsp3) is 0.200. The molecule has 0 aliphatic heterocycles. The number of aromatic nitrogens is 1. The molecule has 0 spiro atoms. The number of aromatic carboxylic acids is 1. The van der Waals surface area contributed by atoms with E-state index in [2.05, 4.69) is 46.0 Å².